The van der Waals surface area contributed by atoms with Gasteiger partial charge in [-0.15, -0.1) is 0 Å². The fourth-order valence-corrected chi connectivity index (χ4v) is 4.15. The molecule has 37 heavy (non-hydrogen) atoms. The van der Waals surface area contributed by atoms with Gasteiger partial charge in [-0.3, -0.25) is 4.57 Å². The molecule has 2 heterocycles. The van der Waals surface area contributed by atoms with Gasteiger partial charge in [-0.1, -0.05) is 30.3 Å². The van der Waals surface area contributed by atoms with Crippen LogP contribution in [0.25, 0.3) is 5.57 Å². The summed E-state index contributed by atoms with van der Waals surface area (Å²) in [6.07, 6.45) is 0.821. The Morgan fingerprint density at radius 3 is 2.30 bits per heavy atom. The highest BCUT2D eigenvalue weighted by atomic mass is 32.2. The summed E-state index contributed by atoms with van der Waals surface area (Å²) in [6.45, 7) is 1.94. The van der Waals surface area contributed by atoms with E-state index in [0.29, 0.717) is 23.2 Å². The van der Waals surface area contributed by atoms with Gasteiger partial charge >= 0.3 is 21.3 Å². The minimum atomic E-state index is -5.79. The number of β-amino-alcohol motifs (C(OH)–C–C–N with tert-alkyl or cyclic N) is 1. The van der Waals surface area contributed by atoms with Gasteiger partial charge in [0.2, 0.25) is 5.95 Å². The number of nitrogens with zero attached hydrogens (tertiary/aromatic N) is 4. The second-order valence-corrected chi connectivity index (χ2v) is 9.69. The molecule has 1 N–H and O–H groups in total. The Balaban J connectivity index is 1.48. The van der Waals surface area contributed by atoms with Crippen molar-refractivity contribution in [3.63, 3.8) is 0 Å². The van der Waals surface area contributed by atoms with Gasteiger partial charge in [0.1, 0.15) is 17.4 Å². The number of aromatic nitrogens is 3. The Bertz CT molecular complexity index is 1490. The van der Waals surface area contributed by atoms with E-state index in [-0.39, 0.29) is 30.7 Å². The number of aliphatic hydroxyl groups is 1. The van der Waals surface area contributed by atoms with Crippen molar-refractivity contribution in [1.82, 2.24) is 14.5 Å². The smallest absolute Gasteiger partial charge is 0.387 e. The molecule has 14 heteroatoms. The predicted molar refractivity (Wildman–Crippen MR) is 125 cm³/mol. The normalized spacial score (nSPS) is 16.4. The second-order valence-electron chi connectivity index (χ2n) is 8.15. The molecule has 0 amide bonds. The van der Waals surface area contributed by atoms with Crippen molar-refractivity contribution < 1.29 is 35.3 Å². The zero-order chi connectivity index (χ0) is 27.0. The molecule has 0 radical (unpaired) electrons. The summed E-state index contributed by atoms with van der Waals surface area (Å²) in [7, 11) is -5.79. The molecular formula is C23H20F4N4O5S. The Morgan fingerprint density at radius 2 is 1.73 bits per heavy atom. The Hall–Kier alpha value is -3.78. The van der Waals surface area contributed by atoms with Crippen LogP contribution in [0.4, 0.5) is 23.5 Å². The summed E-state index contributed by atoms with van der Waals surface area (Å²) in [4.78, 5) is 22.7. The molecule has 0 fully saturated rings. The van der Waals surface area contributed by atoms with E-state index in [1.165, 1.54) is 28.8 Å². The molecular weight excluding hydrogens is 520 g/mol. The standard InChI is InChI=1S/C23H20F4N4O5S/c1-14-28-21(30-11-10-19(20(32)13-30)16-4-6-17(24)7-5-16)29-22(33)31(14)12-15-2-8-18(9-3-15)36-37(34,35)23(25,26)27/h2-10,20,32H,11-13H2,1H3/t20-/m0/s1. The van der Waals surface area contributed by atoms with Crippen molar-refractivity contribution in [2.45, 2.75) is 25.1 Å². The molecule has 0 spiro atoms. The summed E-state index contributed by atoms with van der Waals surface area (Å²) >= 11 is 0. The first-order chi connectivity index (χ1) is 17.3. The van der Waals surface area contributed by atoms with Crippen molar-refractivity contribution in [2.24, 2.45) is 0 Å². The van der Waals surface area contributed by atoms with Crippen molar-refractivity contribution >= 4 is 21.6 Å². The Morgan fingerprint density at radius 1 is 1.08 bits per heavy atom. The summed E-state index contributed by atoms with van der Waals surface area (Å²) in [5, 5.41) is 10.6. The SMILES string of the molecule is Cc1nc(N2CC=C(c3ccc(F)cc3)[C@@H](O)C2)nc(=O)n1Cc1ccc(OS(=O)(=O)C(F)(F)F)cc1. The van der Waals surface area contributed by atoms with E-state index in [9.17, 15) is 35.9 Å². The van der Waals surface area contributed by atoms with Crippen molar-refractivity contribution in [3.8, 4) is 5.75 Å². The molecule has 0 saturated carbocycles. The van der Waals surface area contributed by atoms with Crippen LogP contribution in [-0.2, 0) is 16.7 Å². The maximum atomic E-state index is 13.2. The first kappa shape index (κ1) is 26.3. The quantitative estimate of drug-likeness (QED) is 0.288. The maximum Gasteiger partial charge on any atom is 0.534 e. The van der Waals surface area contributed by atoms with E-state index in [0.717, 1.165) is 12.1 Å². The molecule has 2 aromatic carbocycles. The first-order valence-electron chi connectivity index (χ1n) is 10.8. The van der Waals surface area contributed by atoms with Crippen LogP contribution < -0.4 is 14.8 Å². The average molecular weight is 540 g/mol. The number of rotatable bonds is 6. The number of benzene rings is 2. The zero-order valence-corrected chi connectivity index (χ0v) is 20.0. The third-order valence-corrected chi connectivity index (χ3v) is 6.56. The first-order valence-corrected chi connectivity index (χ1v) is 12.2. The molecule has 3 aromatic rings. The zero-order valence-electron chi connectivity index (χ0n) is 19.2. The van der Waals surface area contributed by atoms with Crippen LogP contribution in [0.1, 0.15) is 17.0 Å². The molecule has 1 atom stereocenters. The van der Waals surface area contributed by atoms with Crippen LogP contribution in [-0.4, -0.2) is 52.8 Å². The number of hydrogen-bond acceptors (Lipinski definition) is 8. The third kappa shape index (κ3) is 5.80. The van der Waals surface area contributed by atoms with E-state index in [4.69, 9.17) is 0 Å². The molecule has 9 nitrogen and oxygen atoms in total. The van der Waals surface area contributed by atoms with Gasteiger partial charge < -0.3 is 14.2 Å². The lowest BCUT2D eigenvalue weighted by Crippen LogP contribution is -2.40. The summed E-state index contributed by atoms with van der Waals surface area (Å²) < 4.78 is 78.2. The molecule has 0 bridgehead atoms. The molecule has 1 aliphatic heterocycles. The monoisotopic (exact) mass is 540 g/mol. The van der Waals surface area contributed by atoms with Gasteiger partial charge in [0.25, 0.3) is 0 Å². The molecule has 196 valence electrons. The van der Waals surface area contributed by atoms with Gasteiger partial charge in [-0.05, 0) is 47.9 Å². The highest BCUT2D eigenvalue weighted by Crippen LogP contribution is 2.27. The minimum Gasteiger partial charge on any atom is -0.387 e. The molecule has 0 unspecified atom stereocenters. The van der Waals surface area contributed by atoms with E-state index < -0.39 is 33.2 Å². The number of halogens is 4. The number of anilines is 1. The van der Waals surface area contributed by atoms with E-state index in [2.05, 4.69) is 14.2 Å². The van der Waals surface area contributed by atoms with Crippen LogP contribution in [0.15, 0.2) is 59.4 Å². The molecule has 0 saturated heterocycles. The van der Waals surface area contributed by atoms with E-state index >= 15 is 0 Å². The summed E-state index contributed by atoms with van der Waals surface area (Å²) in [5.41, 5.74) is -4.45. The Labute approximate surface area is 208 Å². The van der Waals surface area contributed by atoms with Gasteiger partial charge in [-0.2, -0.15) is 31.6 Å². The van der Waals surface area contributed by atoms with Gasteiger partial charge in [0.15, 0.2) is 0 Å². The van der Waals surface area contributed by atoms with Crippen LogP contribution in [0.5, 0.6) is 5.75 Å². The highest BCUT2D eigenvalue weighted by Gasteiger charge is 2.48. The largest absolute Gasteiger partial charge is 0.534 e. The fraction of sp³-hybridized carbons (Fsp3) is 0.261. The van der Waals surface area contributed by atoms with Crippen LogP contribution in [0.3, 0.4) is 0 Å². The molecule has 1 aromatic heterocycles. The van der Waals surface area contributed by atoms with Gasteiger partial charge in [-0.25, -0.2) is 9.18 Å². The second kappa shape index (κ2) is 9.94. The highest BCUT2D eigenvalue weighted by molar-refractivity contribution is 7.88. The van der Waals surface area contributed by atoms with Crippen LogP contribution in [0.2, 0.25) is 0 Å². The summed E-state index contributed by atoms with van der Waals surface area (Å²) in [5.74, 6) is -0.529. The van der Waals surface area contributed by atoms with Crippen molar-refractivity contribution in [2.75, 3.05) is 18.0 Å². The topological polar surface area (TPSA) is 115 Å². The third-order valence-electron chi connectivity index (χ3n) is 5.58. The predicted octanol–water partition coefficient (Wildman–Crippen LogP) is 2.63. The average Bonchev–Trinajstić information content (AvgIpc) is 2.82. The van der Waals surface area contributed by atoms with E-state index in [1.807, 2.05) is 0 Å². The number of hydrogen-bond donors (Lipinski definition) is 1. The van der Waals surface area contributed by atoms with Gasteiger partial charge in [0.05, 0.1) is 19.2 Å². The lowest BCUT2D eigenvalue weighted by Gasteiger charge is -2.30. The maximum absolute atomic E-state index is 13.2. The fourth-order valence-electron chi connectivity index (χ4n) is 3.69. The molecule has 4 rings (SSSR count). The number of alkyl halides is 3. The molecule has 0 aliphatic carbocycles. The van der Waals surface area contributed by atoms with E-state index in [1.54, 1.807) is 30.0 Å². The van der Waals surface area contributed by atoms with Gasteiger partial charge in [0, 0.05) is 6.54 Å². The minimum absolute atomic E-state index is 0.0332. The van der Waals surface area contributed by atoms with Crippen LogP contribution >= 0.6 is 0 Å². The lowest BCUT2D eigenvalue weighted by atomic mass is 9.97. The number of aliphatic hydroxyl groups excluding tert-OH is 1. The van der Waals surface area contributed by atoms with Crippen molar-refractivity contribution in [3.05, 3.63) is 87.9 Å². The van der Waals surface area contributed by atoms with Crippen molar-refractivity contribution in [1.29, 1.82) is 0 Å². The number of aryl methyl sites for hydroxylation is 1. The molecule has 1 aliphatic rings. The van der Waals surface area contributed by atoms with Crippen LogP contribution in [0, 0.1) is 12.7 Å². The summed E-state index contributed by atoms with van der Waals surface area (Å²) in [6, 6.07) is 10.4. The lowest BCUT2D eigenvalue weighted by molar-refractivity contribution is -0.0500. The Kier molecular flexibility index (Phi) is 7.06.